The van der Waals surface area contributed by atoms with Gasteiger partial charge in [0.05, 0.1) is 25.3 Å². The second-order valence-electron chi connectivity index (χ2n) is 6.68. The summed E-state index contributed by atoms with van der Waals surface area (Å²) >= 11 is 0. The van der Waals surface area contributed by atoms with Crippen molar-refractivity contribution in [2.75, 3.05) is 50.6 Å². The Labute approximate surface area is 169 Å². The number of urea groups is 1. The highest BCUT2D eigenvalue weighted by atomic mass is 16.5. The number of amides is 2. The van der Waals surface area contributed by atoms with Crippen LogP contribution in [-0.4, -0.2) is 61.3 Å². The number of nitrogens with zero attached hydrogens (tertiary/aromatic N) is 4. The van der Waals surface area contributed by atoms with Crippen LogP contribution in [0.3, 0.4) is 0 Å². The summed E-state index contributed by atoms with van der Waals surface area (Å²) < 4.78 is 10.6. The molecule has 150 valence electrons. The van der Waals surface area contributed by atoms with Crippen molar-refractivity contribution in [1.82, 2.24) is 14.9 Å². The van der Waals surface area contributed by atoms with Gasteiger partial charge in [-0.25, -0.2) is 14.8 Å². The highest BCUT2D eigenvalue weighted by molar-refractivity contribution is 5.91. The van der Waals surface area contributed by atoms with Gasteiger partial charge in [-0.05, 0) is 24.3 Å². The third kappa shape index (κ3) is 4.01. The number of hydrogen-bond donors (Lipinski definition) is 1. The van der Waals surface area contributed by atoms with Gasteiger partial charge in [-0.15, -0.1) is 0 Å². The van der Waals surface area contributed by atoms with Crippen LogP contribution in [0, 0.1) is 0 Å². The lowest BCUT2D eigenvalue weighted by Crippen LogP contribution is -2.50. The van der Waals surface area contributed by atoms with Crippen molar-refractivity contribution in [3.8, 4) is 11.6 Å². The summed E-state index contributed by atoms with van der Waals surface area (Å²) in [5, 5.41) is 2.84. The average Bonchev–Trinajstić information content (AvgIpc) is 2.78. The fourth-order valence-corrected chi connectivity index (χ4v) is 3.36. The second kappa shape index (κ2) is 8.22. The lowest BCUT2D eigenvalue weighted by atomic mass is 10.2. The number of fused-ring (bicyclic) bond motifs is 1. The van der Waals surface area contributed by atoms with Crippen molar-refractivity contribution < 1.29 is 14.3 Å². The molecule has 2 aromatic carbocycles. The molecule has 1 fully saturated rings. The number of hydrogen-bond acceptors (Lipinski definition) is 6. The molecule has 1 aromatic heterocycles. The van der Waals surface area contributed by atoms with E-state index in [1.165, 1.54) is 12.8 Å². The minimum atomic E-state index is -0.215. The van der Waals surface area contributed by atoms with Crippen molar-refractivity contribution in [3.63, 3.8) is 0 Å². The third-order valence-electron chi connectivity index (χ3n) is 4.95. The van der Waals surface area contributed by atoms with E-state index in [1.807, 2.05) is 18.2 Å². The number of methoxy groups -OCH3 is 2. The van der Waals surface area contributed by atoms with Gasteiger partial charge < -0.3 is 19.3 Å². The Hall–Kier alpha value is -3.55. The normalized spacial score (nSPS) is 14.0. The topological polar surface area (TPSA) is 79.8 Å². The van der Waals surface area contributed by atoms with E-state index in [0.717, 1.165) is 13.1 Å². The molecule has 0 radical (unpaired) electrons. The standard InChI is InChI=1S/C21H23N5O3/c1-28-16-8-9-17-18(14-16)22-19(20(23-17)29-2)24-21(27)26-12-10-25(11-13-26)15-6-4-3-5-7-15/h3-9,14H,10-13H2,1-2H3,(H,22,24,27). The molecule has 0 spiro atoms. The maximum Gasteiger partial charge on any atom is 0.323 e. The van der Waals surface area contributed by atoms with Crippen LogP contribution in [0.25, 0.3) is 11.0 Å². The molecule has 0 bridgehead atoms. The number of ether oxygens (including phenoxy) is 2. The summed E-state index contributed by atoms with van der Waals surface area (Å²) in [4.78, 5) is 25.8. The Kier molecular flexibility index (Phi) is 5.33. The maximum absolute atomic E-state index is 12.8. The molecule has 1 N–H and O–H groups in total. The van der Waals surface area contributed by atoms with Crippen LogP contribution in [0.4, 0.5) is 16.3 Å². The minimum Gasteiger partial charge on any atom is -0.497 e. The van der Waals surface area contributed by atoms with Crippen LogP contribution in [0.5, 0.6) is 11.6 Å². The Morgan fingerprint density at radius 3 is 2.38 bits per heavy atom. The minimum absolute atomic E-state index is 0.215. The first-order chi connectivity index (χ1) is 14.2. The number of benzene rings is 2. The quantitative estimate of drug-likeness (QED) is 0.734. The van der Waals surface area contributed by atoms with Crippen LogP contribution in [0.2, 0.25) is 0 Å². The van der Waals surface area contributed by atoms with Gasteiger partial charge in [-0.2, -0.15) is 0 Å². The number of piperazine rings is 1. The molecular weight excluding hydrogens is 370 g/mol. The summed E-state index contributed by atoms with van der Waals surface area (Å²) in [6, 6.07) is 15.4. The van der Waals surface area contributed by atoms with Crippen molar-refractivity contribution in [1.29, 1.82) is 0 Å². The van der Waals surface area contributed by atoms with Crippen LogP contribution in [-0.2, 0) is 0 Å². The van der Waals surface area contributed by atoms with Crippen LogP contribution in [0.15, 0.2) is 48.5 Å². The Bertz CT molecular complexity index is 1000. The summed E-state index contributed by atoms with van der Waals surface area (Å²) in [6.45, 7) is 2.79. The first-order valence-electron chi connectivity index (χ1n) is 9.43. The highest BCUT2D eigenvalue weighted by Gasteiger charge is 2.23. The molecule has 3 aromatic rings. The van der Waals surface area contributed by atoms with Crippen LogP contribution in [0.1, 0.15) is 0 Å². The average molecular weight is 393 g/mol. The SMILES string of the molecule is COc1ccc2nc(OC)c(NC(=O)N3CCN(c4ccccc4)CC3)nc2c1. The molecule has 0 saturated carbocycles. The summed E-state index contributed by atoms with van der Waals surface area (Å²) in [6.07, 6.45) is 0. The van der Waals surface area contributed by atoms with Crippen molar-refractivity contribution in [2.24, 2.45) is 0 Å². The van der Waals surface area contributed by atoms with E-state index in [0.29, 0.717) is 35.7 Å². The number of aromatic nitrogens is 2. The molecule has 8 heteroatoms. The van der Waals surface area contributed by atoms with Crippen molar-refractivity contribution in [3.05, 3.63) is 48.5 Å². The molecule has 1 aliphatic rings. The maximum atomic E-state index is 12.8. The zero-order valence-corrected chi connectivity index (χ0v) is 16.5. The monoisotopic (exact) mass is 393 g/mol. The molecule has 8 nitrogen and oxygen atoms in total. The highest BCUT2D eigenvalue weighted by Crippen LogP contribution is 2.26. The molecule has 29 heavy (non-hydrogen) atoms. The smallest absolute Gasteiger partial charge is 0.323 e. The summed E-state index contributed by atoms with van der Waals surface area (Å²) in [5.41, 5.74) is 2.45. The van der Waals surface area contributed by atoms with Gasteiger partial charge >= 0.3 is 6.03 Å². The van der Waals surface area contributed by atoms with E-state index in [2.05, 4.69) is 32.3 Å². The summed E-state index contributed by atoms with van der Waals surface area (Å²) in [5.74, 6) is 1.24. The largest absolute Gasteiger partial charge is 0.497 e. The van der Waals surface area contributed by atoms with E-state index in [9.17, 15) is 4.79 Å². The van der Waals surface area contributed by atoms with Crippen LogP contribution >= 0.6 is 0 Å². The molecule has 2 heterocycles. The summed E-state index contributed by atoms with van der Waals surface area (Å²) in [7, 11) is 3.10. The van der Waals surface area contributed by atoms with Gasteiger partial charge in [-0.1, -0.05) is 18.2 Å². The third-order valence-corrected chi connectivity index (χ3v) is 4.95. The van der Waals surface area contributed by atoms with Gasteiger partial charge in [0.2, 0.25) is 0 Å². The number of rotatable bonds is 4. The first kappa shape index (κ1) is 18.8. The molecule has 0 unspecified atom stereocenters. The van der Waals surface area contributed by atoms with E-state index >= 15 is 0 Å². The number of para-hydroxylation sites is 1. The predicted molar refractivity (Wildman–Crippen MR) is 112 cm³/mol. The van der Waals surface area contributed by atoms with E-state index in [1.54, 1.807) is 30.2 Å². The molecule has 0 aliphatic carbocycles. The molecule has 1 aliphatic heterocycles. The Morgan fingerprint density at radius 1 is 0.931 bits per heavy atom. The zero-order valence-electron chi connectivity index (χ0n) is 16.5. The number of carbonyl (C=O) groups excluding carboxylic acids is 1. The van der Waals surface area contributed by atoms with Gasteiger partial charge in [-0.3, -0.25) is 5.32 Å². The van der Waals surface area contributed by atoms with Gasteiger partial charge in [0.1, 0.15) is 5.75 Å². The fourth-order valence-electron chi connectivity index (χ4n) is 3.36. The fraction of sp³-hybridized carbons (Fsp3) is 0.286. The lowest BCUT2D eigenvalue weighted by molar-refractivity contribution is 0.208. The number of anilines is 2. The lowest BCUT2D eigenvalue weighted by Gasteiger charge is -2.36. The Morgan fingerprint density at radius 2 is 1.69 bits per heavy atom. The molecular formula is C21H23N5O3. The van der Waals surface area contributed by atoms with E-state index in [4.69, 9.17) is 9.47 Å². The van der Waals surface area contributed by atoms with E-state index in [-0.39, 0.29) is 11.9 Å². The predicted octanol–water partition coefficient (Wildman–Crippen LogP) is 3.00. The zero-order chi connectivity index (χ0) is 20.2. The number of nitrogens with one attached hydrogen (secondary N) is 1. The van der Waals surface area contributed by atoms with Gasteiger partial charge in [0.25, 0.3) is 5.88 Å². The molecule has 1 saturated heterocycles. The first-order valence-corrected chi connectivity index (χ1v) is 9.43. The second-order valence-corrected chi connectivity index (χ2v) is 6.68. The molecule has 4 rings (SSSR count). The van der Waals surface area contributed by atoms with Crippen LogP contribution < -0.4 is 19.7 Å². The van der Waals surface area contributed by atoms with E-state index < -0.39 is 0 Å². The molecule has 2 amide bonds. The van der Waals surface area contributed by atoms with Gasteiger partial charge in [0, 0.05) is 37.9 Å². The number of carbonyl (C=O) groups is 1. The molecule has 0 atom stereocenters. The van der Waals surface area contributed by atoms with Crippen molar-refractivity contribution >= 4 is 28.6 Å². The van der Waals surface area contributed by atoms with Gasteiger partial charge in [0.15, 0.2) is 5.82 Å². The Balaban J connectivity index is 1.47. The van der Waals surface area contributed by atoms with Crippen molar-refractivity contribution in [2.45, 2.75) is 0 Å².